The number of para-hydroxylation sites is 1. The lowest BCUT2D eigenvalue weighted by Crippen LogP contribution is -2.22. The van der Waals surface area contributed by atoms with Crippen LogP contribution in [0.2, 0.25) is 0 Å². The van der Waals surface area contributed by atoms with Gasteiger partial charge in [0.15, 0.2) is 0 Å². The first-order chi connectivity index (χ1) is 14.0. The highest BCUT2D eigenvalue weighted by Crippen LogP contribution is 2.20. The molecule has 0 spiro atoms. The Morgan fingerprint density at radius 1 is 1.10 bits per heavy atom. The van der Waals surface area contributed by atoms with E-state index < -0.39 is 0 Å². The van der Waals surface area contributed by atoms with Crippen molar-refractivity contribution in [3.05, 3.63) is 92.2 Å². The predicted molar refractivity (Wildman–Crippen MR) is 121 cm³/mol. The molecule has 0 amide bonds. The molecular weight excluding hydrogens is 428 g/mol. The van der Waals surface area contributed by atoms with Gasteiger partial charge in [-0.2, -0.15) is 9.78 Å². The average molecular weight is 449 g/mol. The highest BCUT2D eigenvalue weighted by molar-refractivity contribution is 9.10. The molecule has 0 saturated carbocycles. The van der Waals surface area contributed by atoms with E-state index in [1.807, 2.05) is 37.3 Å². The first kappa shape index (κ1) is 19.3. The number of nitrogens with zero attached hydrogens (tertiary/aromatic N) is 4. The third kappa shape index (κ3) is 3.56. The molecule has 4 aromatic rings. The molecule has 0 N–H and O–H groups in total. The predicted octanol–water partition coefficient (Wildman–Crippen LogP) is 5.01. The summed E-state index contributed by atoms with van der Waals surface area (Å²) >= 11 is 3.43. The van der Waals surface area contributed by atoms with Crippen LogP contribution >= 0.6 is 15.9 Å². The fourth-order valence-corrected chi connectivity index (χ4v) is 3.92. The van der Waals surface area contributed by atoms with Crippen molar-refractivity contribution in [2.75, 3.05) is 0 Å². The summed E-state index contributed by atoms with van der Waals surface area (Å²) in [7, 11) is 0. The van der Waals surface area contributed by atoms with Gasteiger partial charge in [-0.05, 0) is 50.2 Å². The standard InChI is InChI=1S/C23H21BrN4O/c1-4-22-26-21-11-10-18(24)13-20(21)23(29)28(22)25-14-17-12-15(2)27(16(17)3)19-8-6-5-7-9-19/h5-14H,4H2,1-3H3. The lowest BCUT2D eigenvalue weighted by atomic mass is 10.2. The van der Waals surface area contributed by atoms with Gasteiger partial charge in [-0.3, -0.25) is 4.79 Å². The highest BCUT2D eigenvalue weighted by Gasteiger charge is 2.12. The van der Waals surface area contributed by atoms with Crippen LogP contribution in [0, 0.1) is 13.8 Å². The minimum Gasteiger partial charge on any atom is -0.318 e. The zero-order valence-electron chi connectivity index (χ0n) is 16.6. The number of halogens is 1. The van der Waals surface area contributed by atoms with Crippen molar-refractivity contribution in [1.29, 1.82) is 0 Å². The summed E-state index contributed by atoms with van der Waals surface area (Å²) in [5.41, 5.74) is 4.77. The minimum absolute atomic E-state index is 0.165. The van der Waals surface area contributed by atoms with Crippen LogP contribution in [0.25, 0.3) is 16.6 Å². The zero-order chi connectivity index (χ0) is 20.5. The smallest absolute Gasteiger partial charge is 0.282 e. The van der Waals surface area contributed by atoms with E-state index in [9.17, 15) is 4.79 Å². The van der Waals surface area contributed by atoms with Crippen molar-refractivity contribution in [2.45, 2.75) is 27.2 Å². The normalized spacial score (nSPS) is 11.6. The van der Waals surface area contributed by atoms with Crippen molar-refractivity contribution in [1.82, 2.24) is 14.2 Å². The Hall–Kier alpha value is -2.99. The molecular formula is C23H21BrN4O. The maximum Gasteiger partial charge on any atom is 0.282 e. The van der Waals surface area contributed by atoms with Gasteiger partial charge in [0.25, 0.3) is 5.56 Å². The van der Waals surface area contributed by atoms with Crippen LogP contribution in [0.4, 0.5) is 0 Å². The van der Waals surface area contributed by atoms with E-state index in [1.165, 1.54) is 4.68 Å². The molecule has 0 aliphatic heterocycles. The van der Waals surface area contributed by atoms with Gasteiger partial charge in [-0.25, -0.2) is 4.98 Å². The fourth-order valence-electron chi connectivity index (χ4n) is 3.56. The molecule has 0 saturated heterocycles. The van der Waals surface area contributed by atoms with Crippen molar-refractivity contribution in [2.24, 2.45) is 5.10 Å². The number of rotatable bonds is 4. The van der Waals surface area contributed by atoms with E-state index in [-0.39, 0.29) is 5.56 Å². The maximum atomic E-state index is 13.0. The van der Waals surface area contributed by atoms with Crippen molar-refractivity contribution in [3.63, 3.8) is 0 Å². The minimum atomic E-state index is -0.165. The monoisotopic (exact) mass is 448 g/mol. The van der Waals surface area contributed by atoms with Crippen LogP contribution in [-0.2, 0) is 6.42 Å². The maximum absolute atomic E-state index is 13.0. The van der Waals surface area contributed by atoms with E-state index in [4.69, 9.17) is 0 Å². The van der Waals surface area contributed by atoms with Gasteiger partial charge in [-0.1, -0.05) is 41.1 Å². The van der Waals surface area contributed by atoms with Crippen molar-refractivity contribution in [3.8, 4) is 5.69 Å². The zero-order valence-corrected chi connectivity index (χ0v) is 18.1. The van der Waals surface area contributed by atoms with E-state index in [0.29, 0.717) is 23.1 Å². The summed E-state index contributed by atoms with van der Waals surface area (Å²) in [5.74, 6) is 0.637. The van der Waals surface area contributed by atoms with Crippen LogP contribution in [0.1, 0.15) is 29.7 Å². The molecule has 4 rings (SSSR count). The Morgan fingerprint density at radius 2 is 1.86 bits per heavy atom. The van der Waals surface area contributed by atoms with Crippen LogP contribution in [0.15, 0.2) is 69.0 Å². The molecule has 6 heteroatoms. The van der Waals surface area contributed by atoms with Crippen molar-refractivity contribution < 1.29 is 0 Å². The molecule has 0 atom stereocenters. The molecule has 2 aromatic heterocycles. The second-order valence-corrected chi connectivity index (χ2v) is 7.82. The molecule has 0 bridgehead atoms. The summed E-state index contributed by atoms with van der Waals surface area (Å²) in [6.07, 6.45) is 2.36. The first-order valence-corrected chi connectivity index (χ1v) is 10.3. The van der Waals surface area contributed by atoms with E-state index in [1.54, 1.807) is 12.3 Å². The van der Waals surface area contributed by atoms with E-state index in [0.717, 1.165) is 27.1 Å². The topological polar surface area (TPSA) is 52.2 Å². The van der Waals surface area contributed by atoms with Gasteiger partial charge in [0, 0.05) is 33.5 Å². The molecule has 5 nitrogen and oxygen atoms in total. The molecule has 2 aromatic carbocycles. The quantitative estimate of drug-likeness (QED) is 0.412. The third-order valence-corrected chi connectivity index (χ3v) is 5.48. The lowest BCUT2D eigenvalue weighted by molar-refractivity contribution is 0.734. The Balaban J connectivity index is 1.82. The summed E-state index contributed by atoms with van der Waals surface area (Å²) in [6.45, 7) is 6.09. The van der Waals surface area contributed by atoms with Crippen LogP contribution in [0.5, 0.6) is 0 Å². The first-order valence-electron chi connectivity index (χ1n) is 9.49. The molecule has 29 heavy (non-hydrogen) atoms. The SMILES string of the molecule is CCc1nc2ccc(Br)cc2c(=O)n1N=Cc1cc(C)n(-c2ccccc2)c1C. The van der Waals surface area contributed by atoms with Gasteiger partial charge >= 0.3 is 0 Å². The Bertz CT molecular complexity index is 1290. The van der Waals surface area contributed by atoms with Crippen LogP contribution in [0.3, 0.4) is 0 Å². The largest absolute Gasteiger partial charge is 0.318 e. The Labute approximate surface area is 177 Å². The van der Waals surface area contributed by atoms with Crippen molar-refractivity contribution >= 4 is 33.0 Å². The number of fused-ring (bicyclic) bond motifs is 1. The second kappa shape index (κ2) is 7.79. The third-order valence-electron chi connectivity index (χ3n) is 4.99. The van der Waals surface area contributed by atoms with E-state index >= 15 is 0 Å². The molecule has 146 valence electrons. The molecule has 0 fully saturated rings. The Morgan fingerprint density at radius 3 is 2.59 bits per heavy atom. The number of benzene rings is 2. The molecule has 0 radical (unpaired) electrons. The summed E-state index contributed by atoms with van der Waals surface area (Å²) in [5, 5.41) is 5.07. The molecule has 0 unspecified atom stereocenters. The second-order valence-electron chi connectivity index (χ2n) is 6.90. The number of hydrogen-bond acceptors (Lipinski definition) is 3. The van der Waals surface area contributed by atoms with Gasteiger partial charge in [0.2, 0.25) is 0 Å². The summed E-state index contributed by atoms with van der Waals surface area (Å²) < 4.78 is 4.43. The highest BCUT2D eigenvalue weighted by atomic mass is 79.9. The van der Waals surface area contributed by atoms with Gasteiger partial charge in [0.05, 0.1) is 17.1 Å². The fraction of sp³-hybridized carbons (Fsp3) is 0.174. The number of aromatic nitrogens is 3. The van der Waals surface area contributed by atoms with Crippen LogP contribution < -0.4 is 5.56 Å². The van der Waals surface area contributed by atoms with Crippen LogP contribution in [-0.4, -0.2) is 20.4 Å². The van der Waals surface area contributed by atoms with E-state index in [2.05, 4.69) is 62.6 Å². The summed E-state index contributed by atoms with van der Waals surface area (Å²) in [6, 6.07) is 17.8. The number of aryl methyl sites for hydroxylation is 2. The molecule has 2 heterocycles. The lowest BCUT2D eigenvalue weighted by Gasteiger charge is -2.09. The van der Waals surface area contributed by atoms with Gasteiger partial charge < -0.3 is 4.57 Å². The van der Waals surface area contributed by atoms with Gasteiger partial charge in [-0.15, -0.1) is 0 Å². The van der Waals surface area contributed by atoms with Gasteiger partial charge in [0.1, 0.15) is 5.82 Å². The Kier molecular flexibility index (Phi) is 5.20. The molecule has 0 aliphatic rings. The summed E-state index contributed by atoms with van der Waals surface area (Å²) in [4.78, 5) is 17.7. The molecule has 0 aliphatic carbocycles. The number of hydrogen-bond donors (Lipinski definition) is 0. The average Bonchev–Trinajstić information content (AvgIpc) is 3.01.